The van der Waals surface area contributed by atoms with Crippen LogP contribution in [-0.4, -0.2) is 21.9 Å². The maximum Gasteiger partial charge on any atom is 0.284 e. The molecule has 0 bridgehead atoms. The van der Waals surface area contributed by atoms with Crippen LogP contribution < -0.4 is 11.0 Å². The van der Waals surface area contributed by atoms with Gasteiger partial charge in [0.15, 0.2) is 5.43 Å². The van der Waals surface area contributed by atoms with Crippen molar-refractivity contribution in [2.45, 2.75) is 6.61 Å². The number of ether oxygens (including phenoxy) is 1. The highest BCUT2D eigenvalue weighted by atomic mass is 16.5. The summed E-state index contributed by atoms with van der Waals surface area (Å²) in [6, 6.07) is 10.5. The quantitative estimate of drug-likeness (QED) is 0.750. The average Bonchev–Trinajstić information content (AvgIpc) is 2.78. The lowest BCUT2D eigenvalue weighted by Crippen LogP contribution is -2.18. The number of hydrogen-bond acceptors (Lipinski definition) is 3. The van der Waals surface area contributed by atoms with Gasteiger partial charge in [0.05, 0.1) is 12.3 Å². The third-order valence-electron chi connectivity index (χ3n) is 3.04. The van der Waals surface area contributed by atoms with Crippen molar-refractivity contribution in [1.29, 1.82) is 0 Å². The first-order chi connectivity index (χ1) is 9.70. The Morgan fingerprint density at radius 1 is 1.20 bits per heavy atom. The second-order valence-electron chi connectivity index (χ2n) is 4.43. The van der Waals surface area contributed by atoms with E-state index in [4.69, 9.17) is 4.74 Å². The SMILES string of the molecule is COCc1cc(=O)c2c(=O)n(-c3ccccc3)[nH]c2[nH]1. The molecule has 6 nitrogen and oxygen atoms in total. The standard InChI is InChI=1S/C14H13N3O3/c1-20-8-9-7-11(18)12-13(15-9)16-17(14(12)19)10-5-3-2-4-6-10/h2-7H,8H2,1H3,(H2,15,16,18). The molecule has 0 amide bonds. The number of nitrogens with one attached hydrogen (secondary N) is 2. The van der Waals surface area contributed by atoms with Gasteiger partial charge in [-0.3, -0.25) is 14.7 Å². The lowest BCUT2D eigenvalue weighted by molar-refractivity contribution is 0.181. The van der Waals surface area contributed by atoms with Crippen molar-refractivity contribution < 1.29 is 4.74 Å². The number of nitrogens with zero attached hydrogens (tertiary/aromatic N) is 1. The molecule has 0 atom stereocenters. The summed E-state index contributed by atoms with van der Waals surface area (Å²) < 4.78 is 6.33. The fourth-order valence-electron chi connectivity index (χ4n) is 2.18. The molecule has 0 fully saturated rings. The van der Waals surface area contributed by atoms with Crippen LogP contribution in [-0.2, 0) is 11.3 Å². The van der Waals surface area contributed by atoms with E-state index in [1.165, 1.54) is 10.7 Å². The molecule has 2 aromatic heterocycles. The van der Waals surface area contributed by atoms with Crippen LogP contribution in [0.25, 0.3) is 16.7 Å². The number of hydrogen-bond donors (Lipinski definition) is 2. The van der Waals surface area contributed by atoms with Gasteiger partial charge < -0.3 is 9.72 Å². The lowest BCUT2D eigenvalue weighted by atomic mass is 10.3. The van der Waals surface area contributed by atoms with Crippen LogP contribution in [0.5, 0.6) is 0 Å². The first-order valence-electron chi connectivity index (χ1n) is 6.12. The van der Waals surface area contributed by atoms with Gasteiger partial charge in [-0.25, -0.2) is 4.68 Å². The molecule has 0 aliphatic carbocycles. The van der Waals surface area contributed by atoms with Crippen LogP contribution in [0.3, 0.4) is 0 Å². The van der Waals surface area contributed by atoms with Crippen molar-refractivity contribution >= 4 is 11.0 Å². The monoisotopic (exact) mass is 271 g/mol. The Labute approximate surface area is 113 Å². The van der Waals surface area contributed by atoms with Crippen molar-refractivity contribution in [1.82, 2.24) is 14.8 Å². The molecule has 0 aliphatic heterocycles. The summed E-state index contributed by atoms with van der Waals surface area (Å²) >= 11 is 0. The van der Waals surface area contributed by atoms with Gasteiger partial charge in [-0.2, -0.15) is 0 Å². The molecule has 6 heteroatoms. The minimum absolute atomic E-state index is 0.119. The highest BCUT2D eigenvalue weighted by molar-refractivity contribution is 5.74. The number of rotatable bonds is 3. The number of methoxy groups -OCH3 is 1. The smallest absolute Gasteiger partial charge is 0.284 e. The predicted octanol–water partition coefficient (Wildman–Crippen LogP) is 1.15. The fourth-order valence-corrected chi connectivity index (χ4v) is 2.18. The number of para-hydroxylation sites is 1. The second-order valence-corrected chi connectivity index (χ2v) is 4.43. The zero-order chi connectivity index (χ0) is 14.1. The summed E-state index contributed by atoms with van der Waals surface area (Å²) in [5.41, 5.74) is 1.01. The minimum Gasteiger partial charge on any atom is -0.378 e. The Hall–Kier alpha value is -2.60. The third kappa shape index (κ3) is 1.96. The van der Waals surface area contributed by atoms with E-state index in [0.29, 0.717) is 17.0 Å². The van der Waals surface area contributed by atoms with Gasteiger partial charge in [-0.1, -0.05) is 18.2 Å². The Morgan fingerprint density at radius 2 is 1.95 bits per heavy atom. The van der Waals surface area contributed by atoms with E-state index < -0.39 is 0 Å². The van der Waals surface area contributed by atoms with Crippen LogP contribution in [0, 0.1) is 0 Å². The van der Waals surface area contributed by atoms with Gasteiger partial charge in [0.2, 0.25) is 0 Å². The summed E-state index contributed by atoms with van der Waals surface area (Å²) in [4.78, 5) is 27.3. The summed E-state index contributed by atoms with van der Waals surface area (Å²) in [7, 11) is 1.54. The number of pyridine rings is 1. The van der Waals surface area contributed by atoms with E-state index in [-0.39, 0.29) is 23.0 Å². The van der Waals surface area contributed by atoms with Gasteiger partial charge in [-0.05, 0) is 12.1 Å². The molecule has 0 aliphatic rings. The van der Waals surface area contributed by atoms with Gasteiger partial charge in [-0.15, -0.1) is 0 Å². The van der Waals surface area contributed by atoms with Crippen LogP contribution in [0.4, 0.5) is 0 Å². The van der Waals surface area contributed by atoms with E-state index >= 15 is 0 Å². The van der Waals surface area contributed by atoms with Crippen molar-refractivity contribution in [2.75, 3.05) is 7.11 Å². The first kappa shape index (κ1) is 12.4. The maximum absolute atomic E-state index is 12.3. The molecule has 0 saturated heterocycles. The van der Waals surface area contributed by atoms with E-state index in [1.807, 2.05) is 18.2 Å². The zero-order valence-electron chi connectivity index (χ0n) is 10.8. The molecule has 3 rings (SSSR count). The molecular formula is C14H13N3O3. The van der Waals surface area contributed by atoms with Gasteiger partial charge in [0, 0.05) is 18.9 Å². The molecule has 20 heavy (non-hydrogen) atoms. The Kier molecular flexibility index (Phi) is 3.00. The van der Waals surface area contributed by atoms with E-state index in [1.54, 1.807) is 19.2 Å². The zero-order valence-corrected chi connectivity index (χ0v) is 10.8. The summed E-state index contributed by atoms with van der Waals surface area (Å²) in [5, 5.41) is 3.03. The topological polar surface area (TPSA) is 79.9 Å². The van der Waals surface area contributed by atoms with E-state index in [0.717, 1.165) is 0 Å². The molecule has 102 valence electrons. The van der Waals surface area contributed by atoms with Crippen LogP contribution in [0.15, 0.2) is 46.0 Å². The number of aromatic nitrogens is 3. The summed E-state index contributed by atoms with van der Waals surface area (Å²) in [6.45, 7) is 0.281. The predicted molar refractivity (Wildman–Crippen MR) is 75.2 cm³/mol. The highest BCUT2D eigenvalue weighted by Crippen LogP contribution is 2.07. The van der Waals surface area contributed by atoms with Crippen LogP contribution >= 0.6 is 0 Å². The maximum atomic E-state index is 12.3. The molecule has 2 N–H and O–H groups in total. The molecular weight excluding hydrogens is 258 g/mol. The largest absolute Gasteiger partial charge is 0.378 e. The van der Waals surface area contributed by atoms with Crippen molar-refractivity contribution in [2.24, 2.45) is 0 Å². The fraction of sp³-hybridized carbons (Fsp3) is 0.143. The van der Waals surface area contributed by atoms with Crippen molar-refractivity contribution in [3.8, 4) is 5.69 Å². The van der Waals surface area contributed by atoms with Crippen LogP contribution in [0.2, 0.25) is 0 Å². The van der Waals surface area contributed by atoms with E-state index in [2.05, 4.69) is 10.1 Å². The molecule has 2 heterocycles. The molecule has 1 aromatic carbocycles. The molecule has 0 unspecified atom stereocenters. The lowest BCUT2D eigenvalue weighted by Gasteiger charge is -2.00. The van der Waals surface area contributed by atoms with Gasteiger partial charge in [0.1, 0.15) is 11.0 Å². The van der Waals surface area contributed by atoms with Gasteiger partial charge >= 0.3 is 0 Å². The normalized spacial score (nSPS) is 11.1. The van der Waals surface area contributed by atoms with E-state index in [9.17, 15) is 9.59 Å². The number of fused-ring (bicyclic) bond motifs is 1. The van der Waals surface area contributed by atoms with Gasteiger partial charge in [0.25, 0.3) is 5.56 Å². The number of aromatic amines is 2. The Balaban J connectivity index is 2.28. The summed E-state index contributed by atoms with van der Waals surface area (Å²) in [6.07, 6.45) is 0. The van der Waals surface area contributed by atoms with Crippen LogP contribution in [0.1, 0.15) is 5.69 Å². The number of H-pyrrole nitrogens is 2. The highest BCUT2D eigenvalue weighted by Gasteiger charge is 2.12. The summed E-state index contributed by atoms with van der Waals surface area (Å²) in [5.74, 6) is 0. The molecule has 3 aromatic rings. The van der Waals surface area contributed by atoms with Crippen molar-refractivity contribution in [3.05, 3.63) is 62.7 Å². The molecule has 0 saturated carbocycles. The second kappa shape index (κ2) is 4.82. The molecule has 0 radical (unpaired) electrons. The Bertz CT molecular complexity index is 859. The first-order valence-corrected chi connectivity index (χ1v) is 6.12. The average molecular weight is 271 g/mol. The Morgan fingerprint density at radius 3 is 2.65 bits per heavy atom. The van der Waals surface area contributed by atoms with Crippen molar-refractivity contribution in [3.63, 3.8) is 0 Å². The number of benzene rings is 1. The third-order valence-corrected chi connectivity index (χ3v) is 3.04. The molecule has 0 spiro atoms. The minimum atomic E-state index is -0.364.